The van der Waals surface area contributed by atoms with Gasteiger partial charge in [-0.15, -0.1) is 0 Å². The molecule has 18 heavy (non-hydrogen) atoms. The van der Waals surface area contributed by atoms with Crippen LogP contribution in [0.1, 0.15) is 23.2 Å². The van der Waals surface area contributed by atoms with E-state index in [1.54, 1.807) is 0 Å². The number of rotatable bonds is 3. The third-order valence-electron chi connectivity index (χ3n) is 3.28. The number of benzene rings is 1. The minimum atomic E-state index is -1.06. The molecule has 98 valence electrons. The van der Waals surface area contributed by atoms with Crippen LogP contribution < -0.4 is 0 Å². The first kappa shape index (κ1) is 13.1. The van der Waals surface area contributed by atoms with Gasteiger partial charge in [0.05, 0.1) is 5.56 Å². The Balaban J connectivity index is 2.33. The Bertz CT molecular complexity index is 454. The largest absolute Gasteiger partial charge is 0.381 e. The number of ketones is 1. The summed E-state index contributed by atoms with van der Waals surface area (Å²) in [5, 5.41) is 0. The molecule has 0 bridgehead atoms. The third kappa shape index (κ3) is 2.28. The molecule has 0 N–H and O–H groups in total. The summed E-state index contributed by atoms with van der Waals surface area (Å²) in [6.07, 6.45) is 0.748. The summed E-state index contributed by atoms with van der Waals surface area (Å²) in [6, 6.07) is 2.93. The van der Waals surface area contributed by atoms with E-state index in [4.69, 9.17) is 9.47 Å². The van der Waals surface area contributed by atoms with Gasteiger partial charge in [-0.3, -0.25) is 4.79 Å². The molecule has 0 spiro atoms. The third-order valence-corrected chi connectivity index (χ3v) is 3.28. The molecule has 2 rings (SSSR count). The minimum Gasteiger partial charge on any atom is -0.381 e. The number of halogens is 2. The van der Waals surface area contributed by atoms with E-state index in [0.29, 0.717) is 32.1 Å². The zero-order chi connectivity index (χ0) is 13.2. The van der Waals surface area contributed by atoms with E-state index in [-0.39, 0.29) is 5.56 Å². The normalized spacial score (nSPS) is 18.6. The first-order valence-corrected chi connectivity index (χ1v) is 5.72. The van der Waals surface area contributed by atoms with Gasteiger partial charge in [0.1, 0.15) is 17.2 Å². The number of methoxy groups -OCH3 is 1. The van der Waals surface area contributed by atoms with Gasteiger partial charge < -0.3 is 9.47 Å². The van der Waals surface area contributed by atoms with Gasteiger partial charge in [0.2, 0.25) is 0 Å². The van der Waals surface area contributed by atoms with Crippen LogP contribution in [-0.2, 0) is 9.47 Å². The van der Waals surface area contributed by atoms with Gasteiger partial charge in [0, 0.05) is 39.2 Å². The van der Waals surface area contributed by atoms with Crippen molar-refractivity contribution < 1.29 is 23.0 Å². The van der Waals surface area contributed by atoms with Crippen LogP contribution in [0.2, 0.25) is 0 Å². The first-order valence-electron chi connectivity index (χ1n) is 5.72. The van der Waals surface area contributed by atoms with Crippen LogP contribution >= 0.6 is 0 Å². The highest BCUT2D eigenvalue weighted by Gasteiger charge is 2.41. The Labute approximate surface area is 104 Å². The van der Waals surface area contributed by atoms with Crippen LogP contribution in [0.5, 0.6) is 0 Å². The molecule has 1 aromatic carbocycles. The molecule has 1 aliphatic rings. The molecule has 5 heteroatoms. The lowest BCUT2D eigenvalue weighted by Gasteiger charge is -2.34. The van der Waals surface area contributed by atoms with Crippen molar-refractivity contribution in [1.29, 1.82) is 0 Å². The summed E-state index contributed by atoms with van der Waals surface area (Å²) < 4.78 is 36.9. The molecule has 1 aromatic rings. The molecule has 0 saturated carbocycles. The van der Waals surface area contributed by atoms with E-state index in [1.807, 2.05) is 0 Å². The molecule has 0 amide bonds. The Morgan fingerprint density at radius 1 is 1.33 bits per heavy atom. The number of Topliss-reactive ketones (excluding diaryl/α,β-unsaturated/α-hetero) is 1. The van der Waals surface area contributed by atoms with Crippen molar-refractivity contribution in [3.05, 3.63) is 35.4 Å². The fraction of sp³-hybridized carbons (Fsp3) is 0.462. The number of ether oxygens (including phenoxy) is 2. The molecule has 1 fully saturated rings. The second-order valence-corrected chi connectivity index (χ2v) is 4.26. The van der Waals surface area contributed by atoms with Gasteiger partial charge in [-0.1, -0.05) is 0 Å². The SMILES string of the molecule is COC1(C(=O)c2ccc(F)cc2F)CCOCC1. The first-order chi connectivity index (χ1) is 8.59. The molecule has 0 atom stereocenters. The maximum Gasteiger partial charge on any atom is 0.197 e. The van der Waals surface area contributed by atoms with E-state index >= 15 is 0 Å². The number of carbonyl (C=O) groups excluding carboxylic acids is 1. The summed E-state index contributed by atoms with van der Waals surface area (Å²) in [6.45, 7) is 0.783. The molecule has 1 aliphatic heterocycles. The quantitative estimate of drug-likeness (QED) is 0.779. The molecule has 1 heterocycles. The van der Waals surface area contributed by atoms with Crippen LogP contribution in [-0.4, -0.2) is 31.7 Å². The van der Waals surface area contributed by atoms with Crippen molar-refractivity contribution >= 4 is 5.78 Å². The second kappa shape index (κ2) is 5.12. The van der Waals surface area contributed by atoms with Crippen molar-refractivity contribution in [2.75, 3.05) is 20.3 Å². The predicted octanol–water partition coefficient (Wildman–Crippen LogP) is 2.34. The monoisotopic (exact) mass is 256 g/mol. The van der Waals surface area contributed by atoms with Gasteiger partial charge in [-0.2, -0.15) is 0 Å². The average molecular weight is 256 g/mol. The van der Waals surface area contributed by atoms with Gasteiger partial charge in [0.25, 0.3) is 0 Å². The summed E-state index contributed by atoms with van der Waals surface area (Å²) in [7, 11) is 1.42. The lowest BCUT2D eigenvalue weighted by molar-refractivity contribution is -0.0664. The van der Waals surface area contributed by atoms with Crippen molar-refractivity contribution in [2.45, 2.75) is 18.4 Å². The van der Waals surface area contributed by atoms with Crippen LogP contribution in [0.3, 0.4) is 0 Å². The van der Waals surface area contributed by atoms with Crippen molar-refractivity contribution in [3.63, 3.8) is 0 Å². The molecular formula is C13H14F2O3. The van der Waals surface area contributed by atoms with Crippen LogP contribution in [0, 0.1) is 11.6 Å². The summed E-state index contributed by atoms with van der Waals surface area (Å²) in [5.74, 6) is -2.02. The standard InChI is InChI=1S/C13H14F2O3/c1-17-13(4-6-18-7-5-13)12(16)10-3-2-9(14)8-11(10)15/h2-3,8H,4-7H2,1H3. The smallest absolute Gasteiger partial charge is 0.197 e. The maximum absolute atomic E-state index is 13.6. The van der Waals surface area contributed by atoms with Crippen LogP contribution in [0.4, 0.5) is 8.78 Å². The average Bonchev–Trinajstić information content (AvgIpc) is 2.39. The highest BCUT2D eigenvalue weighted by molar-refractivity contribution is 6.02. The molecule has 0 aliphatic carbocycles. The van der Waals surface area contributed by atoms with Gasteiger partial charge in [0.15, 0.2) is 5.78 Å². The van der Waals surface area contributed by atoms with E-state index in [2.05, 4.69) is 0 Å². The van der Waals surface area contributed by atoms with E-state index in [9.17, 15) is 13.6 Å². The molecular weight excluding hydrogens is 242 g/mol. The second-order valence-electron chi connectivity index (χ2n) is 4.26. The number of hydrogen-bond donors (Lipinski definition) is 0. The molecule has 0 unspecified atom stereocenters. The molecule has 0 radical (unpaired) electrons. The summed E-state index contributed by atoms with van der Waals surface area (Å²) >= 11 is 0. The summed E-state index contributed by atoms with van der Waals surface area (Å²) in [4.78, 5) is 12.3. The lowest BCUT2D eigenvalue weighted by atomic mass is 9.85. The molecule has 3 nitrogen and oxygen atoms in total. The van der Waals surface area contributed by atoms with Crippen molar-refractivity contribution in [2.24, 2.45) is 0 Å². The fourth-order valence-electron chi connectivity index (χ4n) is 2.14. The van der Waals surface area contributed by atoms with E-state index in [0.717, 1.165) is 12.1 Å². The number of carbonyl (C=O) groups is 1. The zero-order valence-corrected chi connectivity index (χ0v) is 10.0. The van der Waals surface area contributed by atoms with E-state index < -0.39 is 23.0 Å². The Morgan fingerprint density at radius 2 is 2.00 bits per heavy atom. The summed E-state index contributed by atoms with van der Waals surface area (Å²) in [5.41, 5.74) is -1.20. The number of hydrogen-bond acceptors (Lipinski definition) is 3. The molecule has 1 saturated heterocycles. The molecule has 0 aromatic heterocycles. The van der Waals surface area contributed by atoms with Crippen LogP contribution in [0.25, 0.3) is 0 Å². The highest BCUT2D eigenvalue weighted by atomic mass is 19.1. The zero-order valence-electron chi connectivity index (χ0n) is 10.0. The van der Waals surface area contributed by atoms with Gasteiger partial charge >= 0.3 is 0 Å². The van der Waals surface area contributed by atoms with Crippen molar-refractivity contribution in [1.82, 2.24) is 0 Å². The van der Waals surface area contributed by atoms with Crippen molar-refractivity contribution in [3.8, 4) is 0 Å². The van der Waals surface area contributed by atoms with Gasteiger partial charge in [-0.05, 0) is 12.1 Å². The van der Waals surface area contributed by atoms with E-state index in [1.165, 1.54) is 7.11 Å². The highest BCUT2D eigenvalue weighted by Crippen LogP contribution is 2.29. The lowest BCUT2D eigenvalue weighted by Crippen LogP contribution is -2.46. The fourth-order valence-corrected chi connectivity index (χ4v) is 2.14. The Morgan fingerprint density at radius 3 is 2.56 bits per heavy atom. The Hall–Kier alpha value is -1.33. The predicted molar refractivity (Wildman–Crippen MR) is 60.5 cm³/mol. The maximum atomic E-state index is 13.6. The minimum absolute atomic E-state index is 0.139. The Kier molecular flexibility index (Phi) is 3.73. The topological polar surface area (TPSA) is 35.5 Å². The van der Waals surface area contributed by atoms with Crippen LogP contribution in [0.15, 0.2) is 18.2 Å². The van der Waals surface area contributed by atoms with Gasteiger partial charge in [-0.25, -0.2) is 8.78 Å².